The Kier molecular flexibility index (Phi) is 8.44. The number of aromatic amines is 1. The van der Waals surface area contributed by atoms with E-state index >= 15 is 0 Å². The molecule has 0 spiro atoms. The second kappa shape index (κ2) is 12.3. The number of carbonyl (C=O) groups excluding carboxylic acids is 1. The zero-order valence-corrected chi connectivity index (χ0v) is 21.9. The highest BCUT2D eigenvalue weighted by atomic mass is 19.4. The Bertz CT molecular complexity index is 1580. The zero-order chi connectivity index (χ0) is 28.8. The van der Waals surface area contributed by atoms with Crippen LogP contribution in [0.15, 0.2) is 78.5 Å². The van der Waals surface area contributed by atoms with Crippen molar-refractivity contribution in [3.05, 3.63) is 101 Å². The van der Waals surface area contributed by atoms with E-state index < -0.39 is 18.5 Å². The first-order valence-electron chi connectivity index (χ1n) is 13.0. The quantitative estimate of drug-likeness (QED) is 0.103. The van der Waals surface area contributed by atoms with E-state index in [9.17, 15) is 22.4 Å². The van der Waals surface area contributed by atoms with Gasteiger partial charge in [-0.2, -0.15) is 22.7 Å². The van der Waals surface area contributed by atoms with Crippen LogP contribution in [0.25, 0.3) is 22.0 Å². The second-order valence-corrected chi connectivity index (χ2v) is 9.45. The van der Waals surface area contributed by atoms with Gasteiger partial charge in [-0.25, -0.2) is 4.98 Å². The number of allylic oxidation sites excluding steroid dienone is 1. The summed E-state index contributed by atoms with van der Waals surface area (Å²) in [5.41, 5.74) is 2.64. The predicted octanol–water partition coefficient (Wildman–Crippen LogP) is 5.42. The van der Waals surface area contributed by atoms with Gasteiger partial charge in [0.1, 0.15) is 6.61 Å². The number of rotatable bonds is 10. The molecular formula is C30H27F4N5O2. The van der Waals surface area contributed by atoms with E-state index in [4.69, 9.17) is 4.74 Å². The summed E-state index contributed by atoms with van der Waals surface area (Å²) in [6.45, 7) is 1.98. The summed E-state index contributed by atoms with van der Waals surface area (Å²) in [5.74, 6) is -0.408. The Hall–Kier alpha value is -4.51. The number of ether oxygens (including phenoxy) is 1. The van der Waals surface area contributed by atoms with Gasteiger partial charge in [-0.05, 0) is 46.9 Å². The zero-order valence-electron chi connectivity index (χ0n) is 21.9. The molecule has 4 aromatic rings. The van der Waals surface area contributed by atoms with Gasteiger partial charge >= 0.3 is 6.18 Å². The summed E-state index contributed by atoms with van der Waals surface area (Å²) >= 11 is 0. The van der Waals surface area contributed by atoms with E-state index in [1.807, 2.05) is 6.08 Å². The summed E-state index contributed by atoms with van der Waals surface area (Å²) in [6, 6.07) is 16.2. The van der Waals surface area contributed by atoms with Crippen LogP contribution >= 0.6 is 0 Å². The Morgan fingerprint density at radius 2 is 1.85 bits per heavy atom. The molecule has 5 rings (SSSR count). The van der Waals surface area contributed by atoms with E-state index in [0.29, 0.717) is 60.7 Å². The minimum absolute atomic E-state index is 0.0334. The Morgan fingerprint density at radius 3 is 2.56 bits per heavy atom. The molecule has 2 aromatic heterocycles. The van der Waals surface area contributed by atoms with Gasteiger partial charge in [0.25, 0.3) is 0 Å². The molecule has 1 amide bonds. The molecule has 0 aliphatic carbocycles. The van der Waals surface area contributed by atoms with Gasteiger partial charge in [-0.3, -0.25) is 9.89 Å². The van der Waals surface area contributed by atoms with Crippen molar-refractivity contribution in [3.8, 4) is 5.88 Å². The summed E-state index contributed by atoms with van der Waals surface area (Å²) in [6.07, 6.45) is -1.68. The maximum atomic E-state index is 14.4. The van der Waals surface area contributed by atoms with Gasteiger partial charge in [-0.15, -0.1) is 0 Å². The number of nitrogens with one attached hydrogen (secondary N) is 3. The van der Waals surface area contributed by atoms with Crippen LogP contribution in [0.4, 0.5) is 17.6 Å². The Morgan fingerprint density at radius 1 is 1.05 bits per heavy atom. The molecule has 3 N–H and O–H groups in total. The number of amides is 1. The third kappa shape index (κ3) is 6.98. The van der Waals surface area contributed by atoms with Crippen LogP contribution in [0, 0.1) is 5.95 Å². The minimum atomic E-state index is -4.50. The summed E-state index contributed by atoms with van der Waals surface area (Å²) in [5, 5.41) is 12.2. The molecule has 1 saturated heterocycles. The third-order valence-corrected chi connectivity index (χ3v) is 6.62. The van der Waals surface area contributed by atoms with Crippen molar-refractivity contribution in [2.24, 2.45) is 0 Å². The second-order valence-electron chi connectivity index (χ2n) is 9.45. The first-order valence-corrected chi connectivity index (χ1v) is 13.0. The molecule has 212 valence electrons. The lowest BCUT2D eigenvalue weighted by Gasteiger charge is -2.19. The molecule has 3 heterocycles. The van der Waals surface area contributed by atoms with Crippen molar-refractivity contribution in [1.82, 2.24) is 25.8 Å². The first kappa shape index (κ1) is 28.0. The van der Waals surface area contributed by atoms with Crippen molar-refractivity contribution in [2.75, 3.05) is 26.2 Å². The lowest BCUT2D eigenvalue weighted by molar-refractivity contribution is -0.123. The molecule has 7 nitrogen and oxygen atoms in total. The smallest absolute Gasteiger partial charge is 0.393 e. The van der Waals surface area contributed by atoms with Crippen LogP contribution in [0.5, 0.6) is 5.88 Å². The maximum Gasteiger partial charge on any atom is 0.393 e. The van der Waals surface area contributed by atoms with Crippen molar-refractivity contribution in [2.45, 2.75) is 19.0 Å². The molecular weight excluding hydrogens is 538 g/mol. The summed E-state index contributed by atoms with van der Waals surface area (Å²) < 4.78 is 61.7. The molecule has 11 heteroatoms. The summed E-state index contributed by atoms with van der Waals surface area (Å²) in [7, 11) is 0. The van der Waals surface area contributed by atoms with Crippen molar-refractivity contribution in [3.63, 3.8) is 0 Å². The largest absolute Gasteiger partial charge is 0.476 e. The maximum absolute atomic E-state index is 14.4. The number of nitrogens with zero attached hydrogens (tertiary/aromatic N) is 2. The van der Waals surface area contributed by atoms with Crippen LogP contribution in [-0.4, -0.2) is 53.5 Å². The fourth-order valence-electron chi connectivity index (χ4n) is 4.70. The molecule has 0 atom stereocenters. The number of halogens is 4. The Labute approximate surface area is 233 Å². The van der Waals surface area contributed by atoms with Gasteiger partial charge in [0, 0.05) is 43.0 Å². The van der Waals surface area contributed by atoms with E-state index in [-0.39, 0.29) is 22.4 Å². The lowest BCUT2D eigenvalue weighted by atomic mass is 9.88. The van der Waals surface area contributed by atoms with Crippen molar-refractivity contribution >= 4 is 28.0 Å². The highest BCUT2D eigenvalue weighted by Crippen LogP contribution is 2.40. The normalized spacial score (nSPS) is 15.3. The molecule has 41 heavy (non-hydrogen) atoms. The molecule has 1 aliphatic rings. The number of alkyl halides is 3. The van der Waals surface area contributed by atoms with Crippen LogP contribution in [0.1, 0.15) is 29.5 Å². The highest BCUT2D eigenvalue weighted by Gasteiger charge is 2.31. The number of fused-ring (bicyclic) bond motifs is 1. The average Bonchev–Trinajstić information content (AvgIpc) is 3.55. The number of carbonyl (C=O) groups is 1. The molecule has 0 radical (unpaired) electrons. The van der Waals surface area contributed by atoms with E-state index in [2.05, 4.69) is 25.8 Å². The minimum Gasteiger partial charge on any atom is -0.476 e. The standard InChI is InChI=1S/C30H27F4N5O2/c31-28-23-16-21(6-8-25(23)38-39-28)27(24(17-30(32,33)34)19-4-2-1-3-5-19)22-7-9-26(37-18-22)41-15-14-35-12-10-20-11-13-36-29(20)40/h1-10,16,18,35H,11-15,17H2,(H,36,40)(H,38,39)/b20-10?,27-24-. The van der Waals surface area contributed by atoms with E-state index in [1.165, 1.54) is 12.3 Å². The monoisotopic (exact) mass is 565 g/mol. The third-order valence-electron chi connectivity index (χ3n) is 6.62. The number of hydrogen-bond acceptors (Lipinski definition) is 5. The van der Waals surface area contributed by atoms with Crippen LogP contribution in [0.2, 0.25) is 0 Å². The molecule has 1 fully saturated rings. The average molecular weight is 566 g/mol. The van der Waals surface area contributed by atoms with Gasteiger partial charge in [0.15, 0.2) is 0 Å². The molecule has 0 saturated carbocycles. The fourth-order valence-corrected chi connectivity index (χ4v) is 4.70. The molecule has 0 unspecified atom stereocenters. The fraction of sp³-hybridized carbons (Fsp3) is 0.233. The molecule has 2 aromatic carbocycles. The van der Waals surface area contributed by atoms with E-state index in [0.717, 1.165) is 5.57 Å². The van der Waals surface area contributed by atoms with Crippen LogP contribution in [0.3, 0.4) is 0 Å². The Balaban J connectivity index is 1.41. The summed E-state index contributed by atoms with van der Waals surface area (Å²) in [4.78, 5) is 15.9. The highest BCUT2D eigenvalue weighted by molar-refractivity contribution is 6.00. The lowest BCUT2D eigenvalue weighted by Crippen LogP contribution is -2.22. The number of hydrogen-bond donors (Lipinski definition) is 3. The first-order chi connectivity index (χ1) is 19.8. The van der Waals surface area contributed by atoms with Gasteiger partial charge in [0.05, 0.1) is 17.3 Å². The predicted molar refractivity (Wildman–Crippen MR) is 147 cm³/mol. The topological polar surface area (TPSA) is 91.9 Å². The van der Waals surface area contributed by atoms with Gasteiger partial charge in [-0.1, -0.05) is 42.5 Å². The van der Waals surface area contributed by atoms with Gasteiger partial charge < -0.3 is 15.4 Å². The number of aromatic nitrogens is 3. The number of benzene rings is 2. The van der Waals surface area contributed by atoms with Crippen LogP contribution in [-0.2, 0) is 4.79 Å². The van der Waals surface area contributed by atoms with Crippen molar-refractivity contribution < 1.29 is 27.1 Å². The van der Waals surface area contributed by atoms with E-state index in [1.54, 1.807) is 54.6 Å². The molecule has 0 bridgehead atoms. The number of H-pyrrole nitrogens is 1. The van der Waals surface area contributed by atoms with Crippen LogP contribution < -0.4 is 15.4 Å². The van der Waals surface area contributed by atoms with Gasteiger partial charge in [0.2, 0.25) is 17.7 Å². The molecule has 1 aliphatic heterocycles. The van der Waals surface area contributed by atoms with Crippen molar-refractivity contribution in [1.29, 1.82) is 0 Å². The number of pyridine rings is 1. The SMILES string of the molecule is O=C1NCCC1=CCNCCOc1ccc(/C(=C(/CC(F)(F)F)c2ccccc2)c2ccc3n[nH]c(F)c3c2)cn1.